The summed E-state index contributed by atoms with van der Waals surface area (Å²) in [4.78, 5) is 22.9. The summed E-state index contributed by atoms with van der Waals surface area (Å²) in [5, 5.41) is 11.2. The second-order valence-corrected chi connectivity index (χ2v) is 5.31. The van der Waals surface area contributed by atoms with E-state index in [1.54, 1.807) is 30.3 Å². The predicted molar refractivity (Wildman–Crippen MR) is 83.3 cm³/mol. The summed E-state index contributed by atoms with van der Waals surface area (Å²) in [7, 11) is 0. The maximum atomic E-state index is 12.2. The molecule has 0 saturated heterocycles. The number of nitro benzene ring substituents is 1. The van der Waals surface area contributed by atoms with Crippen LogP contribution in [-0.4, -0.2) is 17.7 Å². The fourth-order valence-corrected chi connectivity index (χ4v) is 2.75. The Hall–Kier alpha value is -3.35. The van der Waals surface area contributed by atoms with Crippen molar-refractivity contribution in [3.63, 3.8) is 0 Å². The highest BCUT2D eigenvalue weighted by molar-refractivity contribution is 6.23. The van der Waals surface area contributed by atoms with Crippen molar-refractivity contribution in [2.24, 2.45) is 0 Å². The number of carbonyl (C=O) groups is 1. The Balaban J connectivity index is 1.88. The highest BCUT2D eigenvalue weighted by Gasteiger charge is 2.28. The fourth-order valence-electron chi connectivity index (χ4n) is 2.75. The third-order valence-corrected chi connectivity index (χ3v) is 3.90. The van der Waals surface area contributed by atoms with Gasteiger partial charge in [-0.1, -0.05) is 12.1 Å². The van der Waals surface area contributed by atoms with Crippen molar-refractivity contribution in [3.8, 4) is 11.5 Å². The van der Waals surface area contributed by atoms with E-state index in [-0.39, 0.29) is 24.7 Å². The summed E-state index contributed by atoms with van der Waals surface area (Å²) >= 11 is 0. The number of rotatable bonds is 2. The number of fused-ring (bicyclic) bond motifs is 2. The van der Waals surface area contributed by atoms with E-state index in [4.69, 9.17) is 14.2 Å². The van der Waals surface area contributed by atoms with Crippen molar-refractivity contribution in [2.75, 3.05) is 6.79 Å². The number of para-hydroxylation sites is 1. The molecule has 0 unspecified atom stereocenters. The van der Waals surface area contributed by atoms with Crippen LogP contribution in [0.4, 0.5) is 5.69 Å². The van der Waals surface area contributed by atoms with Gasteiger partial charge in [0.1, 0.15) is 6.61 Å². The van der Waals surface area contributed by atoms with E-state index in [2.05, 4.69) is 0 Å². The van der Waals surface area contributed by atoms with Gasteiger partial charge in [0.2, 0.25) is 6.79 Å². The molecule has 0 amide bonds. The van der Waals surface area contributed by atoms with Crippen LogP contribution in [0.1, 0.15) is 16.7 Å². The first-order chi connectivity index (χ1) is 11.6. The minimum atomic E-state index is -0.528. The van der Waals surface area contributed by atoms with Crippen molar-refractivity contribution in [3.05, 3.63) is 63.2 Å². The molecule has 0 N–H and O–H groups in total. The molecule has 24 heavy (non-hydrogen) atoms. The number of cyclic esters (lactones) is 1. The number of hydrogen-bond donors (Lipinski definition) is 0. The molecule has 7 heteroatoms. The van der Waals surface area contributed by atoms with E-state index in [0.717, 1.165) is 5.56 Å². The van der Waals surface area contributed by atoms with Crippen molar-refractivity contribution in [1.29, 1.82) is 0 Å². The minimum Gasteiger partial charge on any atom is -0.457 e. The summed E-state index contributed by atoms with van der Waals surface area (Å²) in [6.45, 7) is 0.245. The van der Waals surface area contributed by atoms with E-state index in [9.17, 15) is 14.9 Å². The van der Waals surface area contributed by atoms with Gasteiger partial charge in [-0.2, -0.15) is 0 Å². The lowest BCUT2D eigenvalue weighted by Gasteiger charge is -2.19. The number of nitrogens with zero attached hydrogens (tertiary/aromatic N) is 1. The van der Waals surface area contributed by atoms with Gasteiger partial charge in [0.05, 0.1) is 16.1 Å². The first-order valence-corrected chi connectivity index (χ1v) is 7.18. The predicted octanol–water partition coefficient (Wildman–Crippen LogP) is 2.92. The molecule has 0 fully saturated rings. The van der Waals surface area contributed by atoms with Crippen molar-refractivity contribution in [2.45, 2.75) is 6.61 Å². The number of hydrogen-bond acceptors (Lipinski definition) is 6. The van der Waals surface area contributed by atoms with Gasteiger partial charge in [0.25, 0.3) is 5.69 Å². The molecule has 0 bridgehead atoms. The molecule has 7 nitrogen and oxygen atoms in total. The Morgan fingerprint density at radius 1 is 1.08 bits per heavy atom. The Morgan fingerprint density at radius 3 is 2.62 bits per heavy atom. The Labute approximate surface area is 136 Å². The summed E-state index contributed by atoms with van der Waals surface area (Å²) in [6, 6.07) is 9.69. The van der Waals surface area contributed by atoms with Crippen molar-refractivity contribution in [1.82, 2.24) is 0 Å². The average molecular weight is 325 g/mol. The zero-order valence-electron chi connectivity index (χ0n) is 12.4. The molecule has 0 atom stereocenters. The second kappa shape index (κ2) is 5.38. The average Bonchev–Trinajstić information content (AvgIpc) is 3.03. The lowest BCUT2D eigenvalue weighted by molar-refractivity contribution is -0.385. The lowest BCUT2D eigenvalue weighted by atomic mass is 9.95. The monoisotopic (exact) mass is 325 g/mol. The molecule has 2 aliphatic heterocycles. The zero-order valence-corrected chi connectivity index (χ0v) is 12.4. The van der Waals surface area contributed by atoms with Gasteiger partial charge in [-0.25, -0.2) is 4.79 Å². The van der Waals surface area contributed by atoms with E-state index in [0.29, 0.717) is 22.6 Å². The topological polar surface area (TPSA) is 87.9 Å². The molecule has 0 spiro atoms. The molecule has 2 heterocycles. The third kappa shape index (κ3) is 2.26. The number of ether oxygens (including phenoxy) is 3. The maximum Gasteiger partial charge on any atom is 0.339 e. The molecule has 2 aliphatic rings. The standard InChI is InChI=1S/C17H11NO6/c19-17-13(5-10-3-1-2-4-14(10)18(20)21)12-7-16-15(23-9-24-16)6-11(12)8-22-17/h1-7H,8-9H2/b13-5-. The molecule has 4 rings (SSSR count). The summed E-state index contributed by atoms with van der Waals surface area (Å²) in [5.74, 6) is 0.605. The molecular weight excluding hydrogens is 314 g/mol. The van der Waals surface area contributed by atoms with Gasteiger partial charge in [0, 0.05) is 11.6 Å². The summed E-state index contributed by atoms with van der Waals surface area (Å²) < 4.78 is 15.9. The largest absolute Gasteiger partial charge is 0.457 e. The van der Waals surface area contributed by atoms with Gasteiger partial charge in [0.15, 0.2) is 11.5 Å². The highest BCUT2D eigenvalue weighted by atomic mass is 16.7. The van der Waals surface area contributed by atoms with Gasteiger partial charge < -0.3 is 14.2 Å². The van der Waals surface area contributed by atoms with Crippen molar-refractivity contribution >= 4 is 23.3 Å². The first kappa shape index (κ1) is 14.3. The molecule has 2 aromatic rings. The molecule has 0 aliphatic carbocycles. The Bertz CT molecular complexity index is 902. The Kier molecular flexibility index (Phi) is 3.19. The van der Waals surface area contributed by atoms with E-state index in [1.165, 1.54) is 12.1 Å². The second-order valence-electron chi connectivity index (χ2n) is 5.31. The molecule has 120 valence electrons. The van der Waals surface area contributed by atoms with Gasteiger partial charge in [-0.3, -0.25) is 10.1 Å². The third-order valence-electron chi connectivity index (χ3n) is 3.90. The van der Waals surface area contributed by atoms with E-state index < -0.39 is 10.9 Å². The quantitative estimate of drug-likeness (QED) is 0.365. The highest BCUT2D eigenvalue weighted by Crippen LogP contribution is 2.40. The van der Waals surface area contributed by atoms with Crippen LogP contribution in [0.2, 0.25) is 0 Å². The van der Waals surface area contributed by atoms with Crippen LogP contribution in [0.3, 0.4) is 0 Å². The van der Waals surface area contributed by atoms with Crippen LogP contribution in [0.15, 0.2) is 36.4 Å². The molecular formula is C17H11NO6. The van der Waals surface area contributed by atoms with Crippen LogP contribution in [0.25, 0.3) is 11.6 Å². The van der Waals surface area contributed by atoms with Crippen LogP contribution in [0.5, 0.6) is 11.5 Å². The SMILES string of the molecule is O=C1OCc2cc3c(cc2/C1=C/c1ccccc1[N+](=O)[O-])OCO3. The molecule has 0 saturated carbocycles. The smallest absolute Gasteiger partial charge is 0.339 e. The normalized spacial score (nSPS) is 16.7. The van der Waals surface area contributed by atoms with E-state index in [1.807, 2.05) is 0 Å². The fraction of sp³-hybridized carbons (Fsp3) is 0.118. The van der Waals surface area contributed by atoms with Crippen LogP contribution < -0.4 is 9.47 Å². The van der Waals surface area contributed by atoms with Crippen LogP contribution in [0, 0.1) is 10.1 Å². The van der Waals surface area contributed by atoms with Gasteiger partial charge in [-0.15, -0.1) is 0 Å². The number of esters is 1. The van der Waals surface area contributed by atoms with Gasteiger partial charge in [-0.05, 0) is 29.8 Å². The number of benzene rings is 2. The van der Waals surface area contributed by atoms with Gasteiger partial charge >= 0.3 is 5.97 Å². The maximum absolute atomic E-state index is 12.2. The molecule has 0 aromatic heterocycles. The first-order valence-electron chi connectivity index (χ1n) is 7.18. The van der Waals surface area contributed by atoms with Crippen molar-refractivity contribution < 1.29 is 23.9 Å². The Morgan fingerprint density at radius 2 is 1.83 bits per heavy atom. The van der Waals surface area contributed by atoms with E-state index >= 15 is 0 Å². The zero-order chi connectivity index (χ0) is 16.7. The molecule has 0 radical (unpaired) electrons. The summed E-state index contributed by atoms with van der Waals surface area (Å²) in [5.41, 5.74) is 1.91. The lowest BCUT2D eigenvalue weighted by Crippen LogP contribution is -2.15. The van der Waals surface area contributed by atoms with Crippen LogP contribution in [-0.2, 0) is 16.1 Å². The minimum absolute atomic E-state index is 0.0781. The number of nitro groups is 1. The van der Waals surface area contributed by atoms with Crippen LogP contribution >= 0.6 is 0 Å². The molecule has 2 aromatic carbocycles. The summed E-state index contributed by atoms with van der Waals surface area (Å²) in [6.07, 6.45) is 1.47. The number of carbonyl (C=O) groups excluding carboxylic acids is 1.